The summed E-state index contributed by atoms with van der Waals surface area (Å²) in [4.78, 5) is 28.4. The largest absolute Gasteiger partial charge is 0.354 e. The number of amides is 2. The second-order valence-electron chi connectivity index (χ2n) is 8.55. The number of sulfone groups is 1. The Morgan fingerprint density at radius 3 is 1.47 bits per heavy atom. The van der Waals surface area contributed by atoms with Crippen LogP contribution in [0.3, 0.4) is 0 Å². The van der Waals surface area contributed by atoms with Crippen molar-refractivity contribution in [3.8, 4) is 0 Å². The highest BCUT2D eigenvalue weighted by molar-refractivity contribution is 7.91. The lowest BCUT2D eigenvalue weighted by Gasteiger charge is -2.25. The molecular formula is C25H34N4O4S. The van der Waals surface area contributed by atoms with Crippen molar-refractivity contribution in [3.63, 3.8) is 0 Å². The lowest BCUT2D eigenvalue weighted by Crippen LogP contribution is -2.41. The Bertz CT molecular complexity index is 940. The van der Waals surface area contributed by atoms with Gasteiger partial charge in [0, 0.05) is 52.4 Å². The third kappa shape index (κ3) is 9.62. The Morgan fingerprint density at radius 2 is 1.06 bits per heavy atom. The minimum absolute atomic E-state index is 0.0592. The van der Waals surface area contributed by atoms with E-state index < -0.39 is 9.84 Å². The first-order valence-electron chi connectivity index (χ1n) is 11.7. The van der Waals surface area contributed by atoms with Gasteiger partial charge in [0.1, 0.15) is 6.42 Å². The maximum atomic E-state index is 12.9. The molecule has 2 aromatic carbocycles. The molecule has 3 rings (SSSR count). The summed E-state index contributed by atoms with van der Waals surface area (Å²) in [5.74, 6) is -0.552. The number of rotatable bonds is 4. The molecule has 8 nitrogen and oxygen atoms in total. The first-order chi connectivity index (χ1) is 16.4. The van der Waals surface area contributed by atoms with Gasteiger partial charge < -0.3 is 10.6 Å². The molecule has 0 spiro atoms. The van der Waals surface area contributed by atoms with Crippen LogP contribution in [0.4, 0.5) is 0 Å². The van der Waals surface area contributed by atoms with E-state index in [1.807, 2.05) is 70.5 Å². The van der Waals surface area contributed by atoms with Crippen LogP contribution in [-0.2, 0) is 32.5 Å². The van der Waals surface area contributed by atoms with E-state index >= 15 is 0 Å². The summed E-state index contributed by atoms with van der Waals surface area (Å²) < 4.78 is 25.7. The van der Waals surface area contributed by atoms with Crippen LogP contribution in [0.5, 0.6) is 0 Å². The molecule has 0 aromatic heterocycles. The first-order valence-corrected chi connectivity index (χ1v) is 13.5. The van der Waals surface area contributed by atoms with E-state index in [9.17, 15) is 18.0 Å². The Morgan fingerprint density at radius 1 is 0.647 bits per heavy atom. The molecule has 1 aliphatic rings. The number of hydrogen-bond acceptors (Lipinski definition) is 6. The van der Waals surface area contributed by atoms with Gasteiger partial charge in [-0.25, -0.2) is 8.42 Å². The molecule has 0 aliphatic carbocycles. The van der Waals surface area contributed by atoms with Gasteiger partial charge in [0.15, 0.2) is 9.84 Å². The Hall–Kier alpha value is -2.75. The molecule has 0 saturated carbocycles. The van der Waals surface area contributed by atoms with Crippen LogP contribution in [0.1, 0.15) is 17.5 Å². The summed E-state index contributed by atoms with van der Waals surface area (Å²) in [7, 11) is -3.28. The average Bonchev–Trinajstić information content (AvgIpc) is 2.81. The Kier molecular flexibility index (Phi) is 10.1. The van der Waals surface area contributed by atoms with Crippen LogP contribution in [-0.4, -0.2) is 80.8 Å². The van der Waals surface area contributed by atoms with Crippen LogP contribution in [0, 0.1) is 0 Å². The highest BCUT2D eigenvalue weighted by atomic mass is 32.2. The van der Waals surface area contributed by atoms with Gasteiger partial charge in [0.2, 0.25) is 11.8 Å². The van der Waals surface area contributed by atoms with Crippen LogP contribution in [0.25, 0.3) is 0 Å². The highest BCUT2D eigenvalue weighted by Gasteiger charge is 2.18. The van der Waals surface area contributed by atoms with E-state index in [-0.39, 0.29) is 29.7 Å². The van der Waals surface area contributed by atoms with Gasteiger partial charge in [-0.15, -0.1) is 0 Å². The van der Waals surface area contributed by atoms with E-state index in [1.54, 1.807) is 0 Å². The van der Waals surface area contributed by atoms with Crippen molar-refractivity contribution in [2.24, 2.45) is 0 Å². The van der Waals surface area contributed by atoms with Crippen LogP contribution >= 0.6 is 0 Å². The molecule has 1 fully saturated rings. The SMILES string of the molecule is O=C1CC(=O)NCCN(Cc2ccccc2)CCS(=O)(=O)CCN(Cc2ccccc2)CCN1. The van der Waals surface area contributed by atoms with Crippen molar-refractivity contribution >= 4 is 21.7 Å². The summed E-state index contributed by atoms with van der Waals surface area (Å²) in [5, 5.41) is 5.54. The third-order valence-corrected chi connectivity index (χ3v) is 7.37. The van der Waals surface area contributed by atoms with Crippen molar-refractivity contribution < 1.29 is 18.0 Å². The predicted octanol–water partition coefficient (Wildman–Crippen LogP) is 1.04. The third-order valence-electron chi connectivity index (χ3n) is 5.76. The molecule has 2 aromatic rings. The molecule has 0 atom stereocenters. The monoisotopic (exact) mass is 486 g/mol. The topological polar surface area (TPSA) is 98.8 Å². The minimum atomic E-state index is -3.28. The molecule has 2 N–H and O–H groups in total. The number of carbonyl (C=O) groups excluding carboxylic acids is 2. The van der Waals surface area contributed by atoms with Crippen molar-refractivity contribution in [1.29, 1.82) is 0 Å². The van der Waals surface area contributed by atoms with Crippen molar-refractivity contribution in [2.75, 3.05) is 50.8 Å². The summed E-state index contributed by atoms with van der Waals surface area (Å²) in [5.41, 5.74) is 2.16. The molecule has 2 amide bonds. The van der Waals surface area contributed by atoms with Crippen molar-refractivity contribution in [3.05, 3.63) is 71.8 Å². The second-order valence-corrected chi connectivity index (χ2v) is 10.9. The van der Waals surface area contributed by atoms with E-state index in [4.69, 9.17) is 0 Å². The van der Waals surface area contributed by atoms with Gasteiger partial charge in [-0.2, -0.15) is 0 Å². The number of nitrogens with one attached hydrogen (secondary N) is 2. The predicted molar refractivity (Wildman–Crippen MR) is 133 cm³/mol. The molecule has 0 bridgehead atoms. The molecule has 0 radical (unpaired) electrons. The van der Waals surface area contributed by atoms with Gasteiger partial charge in [-0.05, 0) is 11.1 Å². The zero-order valence-electron chi connectivity index (χ0n) is 19.5. The van der Waals surface area contributed by atoms with Gasteiger partial charge in [-0.3, -0.25) is 19.4 Å². The maximum absolute atomic E-state index is 12.9. The number of carbonyl (C=O) groups is 2. The van der Waals surface area contributed by atoms with Gasteiger partial charge in [-0.1, -0.05) is 60.7 Å². The normalized spacial score (nSPS) is 19.8. The molecule has 184 valence electrons. The molecule has 1 saturated heterocycles. The zero-order chi connectivity index (χ0) is 24.2. The van der Waals surface area contributed by atoms with E-state index in [1.165, 1.54) is 0 Å². The first kappa shape index (κ1) is 25.9. The minimum Gasteiger partial charge on any atom is -0.354 e. The van der Waals surface area contributed by atoms with E-state index in [2.05, 4.69) is 10.6 Å². The number of benzene rings is 2. The number of nitrogens with zero attached hydrogens (tertiary/aromatic N) is 2. The fraction of sp³-hybridized carbons (Fsp3) is 0.440. The van der Waals surface area contributed by atoms with Gasteiger partial charge in [0.25, 0.3) is 0 Å². The van der Waals surface area contributed by atoms with Gasteiger partial charge in [0.05, 0.1) is 11.5 Å². The van der Waals surface area contributed by atoms with Crippen molar-refractivity contribution in [1.82, 2.24) is 20.4 Å². The molecule has 1 aliphatic heterocycles. The summed E-state index contributed by atoms with van der Waals surface area (Å²) in [6.07, 6.45) is -0.217. The molecule has 1 heterocycles. The Labute approximate surface area is 202 Å². The van der Waals surface area contributed by atoms with Crippen LogP contribution in [0.15, 0.2) is 60.7 Å². The van der Waals surface area contributed by atoms with Crippen LogP contribution < -0.4 is 10.6 Å². The summed E-state index contributed by atoms with van der Waals surface area (Å²) in [6, 6.07) is 19.7. The standard InChI is InChI=1S/C25H34N4O4S/c30-24-19-25(31)27-12-14-29(21-23-9-5-2-6-10-23)16-18-34(32,33)17-15-28(13-11-26-24)20-22-7-3-1-4-8-22/h1-10H,11-21H2,(H,26,30)(H,27,31). The van der Waals surface area contributed by atoms with Crippen molar-refractivity contribution in [2.45, 2.75) is 19.5 Å². The maximum Gasteiger partial charge on any atom is 0.229 e. The fourth-order valence-corrected chi connectivity index (χ4v) is 5.12. The van der Waals surface area contributed by atoms with Gasteiger partial charge >= 0.3 is 0 Å². The lowest BCUT2D eigenvalue weighted by atomic mass is 10.2. The molecule has 9 heteroatoms. The molecule has 0 unspecified atom stereocenters. The smallest absolute Gasteiger partial charge is 0.229 e. The quantitative estimate of drug-likeness (QED) is 0.627. The van der Waals surface area contributed by atoms with Crippen LogP contribution in [0.2, 0.25) is 0 Å². The van der Waals surface area contributed by atoms with E-state index in [0.29, 0.717) is 52.4 Å². The highest BCUT2D eigenvalue weighted by Crippen LogP contribution is 2.07. The Balaban J connectivity index is 1.69. The summed E-state index contributed by atoms with van der Waals surface area (Å²) >= 11 is 0. The molecule has 34 heavy (non-hydrogen) atoms. The second kappa shape index (κ2) is 13.2. The number of hydrogen-bond donors (Lipinski definition) is 2. The fourth-order valence-electron chi connectivity index (χ4n) is 3.84. The lowest BCUT2D eigenvalue weighted by molar-refractivity contribution is -0.129. The molecular weight excluding hydrogens is 452 g/mol. The van der Waals surface area contributed by atoms with E-state index in [0.717, 1.165) is 11.1 Å². The summed E-state index contributed by atoms with van der Waals surface area (Å²) in [6.45, 7) is 3.64. The average molecular weight is 487 g/mol. The zero-order valence-corrected chi connectivity index (χ0v) is 20.3.